The standard InChI is InChI=1S/C16H32/c1-6-9-15(16(3,4)5)14-11-8-10-13(7-2)12-14/h13-15H,6-12H2,1-5H3. The average molecular weight is 224 g/mol. The maximum atomic E-state index is 2.45. The molecule has 0 bridgehead atoms. The van der Waals surface area contributed by atoms with Crippen molar-refractivity contribution in [2.75, 3.05) is 0 Å². The Balaban J connectivity index is 2.63. The van der Waals surface area contributed by atoms with E-state index in [1.54, 1.807) is 0 Å². The Morgan fingerprint density at radius 1 is 1.12 bits per heavy atom. The van der Waals surface area contributed by atoms with Crippen molar-refractivity contribution >= 4 is 0 Å². The van der Waals surface area contributed by atoms with Gasteiger partial charge in [0.25, 0.3) is 0 Å². The molecule has 0 radical (unpaired) electrons. The maximum absolute atomic E-state index is 2.45. The van der Waals surface area contributed by atoms with E-state index in [0.717, 1.165) is 17.8 Å². The number of hydrogen-bond donors (Lipinski definition) is 0. The van der Waals surface area contributed by atoms with E-state index < -0.39 is 0 Å². The molecular formula is C16H32. The monoisotopic (exact) mass is 224 g/mol. The second-order valence-electron chi connectivity index (χ2n) is 6.96. The van der Waals surface area contributed by atoms with Crippen molar-refractivity contribution in [3.8, 4) is 0 Å². The molecule has 3 unspecified atom stereocenters. The fraction of sp³-hybridized carbons (Fsp3) is 1.00. The summed E-state index contributed by atoms with van der Waals surface area (Å²) in [4.78, 5) is 0. The highest BCUT2D eigenvalue weighted by Crippen LogP contribution is 2.44. The molecule has 1 aliphatic carbocycles. The van der Waals surface area contributed by atoms with Gasteiger partial charge >= 0.3 is 0 Å². The molecule has 0 N–H and O–H groups in total. The summed E-state index contributed by atoms with van der Waals surface area (Å²) in [5, 5.41) is 0. The van der Waals surface area contributed by atoms with Crippen molar-refractivity contribution in [1.82, 2.24) is 0 Å². The molecule has 0 aromatic carbocycles. The van der Waals surface area contributed by atoms with Crippen LogP contribution in [0.5, 0.6) is 0 Å². The molecule has 16 heavy (non-hydrogen) atoms. The van der Waals surface area contributed by atoms with E-state index in [1.807, 2.05) is 0 Å². The highest BCUT2D eigenvalue weighted by atomic mass is 14.4. The van der Waals surface area contributed by atoms with Crippen LogP contribution in [0, 0.1) is 23.2 Å². The van der Waals surface area contributed by atoms with Crippen LogP contribution in [-0.2, 0) is 0 Å². The van der Waals surface area contributed by atoms with Crippen LogP contribution in [0.25, 0.3) is 0 Å². The van der Waals surface area contributed by atoms with Crippen LogP contribution >= 0.6 is 0 Å². The van der Waals surface area contributed by atoms with Gasteiger partial charge in [-0.05, 0) is 36.0 Å². The summed E-state index contributed by atoms with van der Waals surface area (Å²) in [6.07, 6.45) is 10.2. The van der Waals surface area contributed by atoms with E-state index in [9.17, 15) is 0 Å². The van der Waals surface area contributed by atoms with Crippen molar-refractivity contribution in [1.29, 1.82) is 0 Å². The van der Waals surface area contributed by atoms with Gasteiger partial charge in [-0.25, -0.2) is 0 Å². The lowest BCUT2D eigenvalue weighted by atomic mass is 9.64. The van der Waals surface area contributed by atoms with Crippen LogP contribution in [0.2, 0.25) is 0 Å². The molecule has 0 saturated heterocycles. The van der Waals surface area contributed by atoms with E-state index in [1.165, 1.54) is 44.9 Å². The van der Waals surface area contributed by atoms with Crippen LogP contribution in [0.15, 0.2) is 0 Å². The van der Waals surface area contributed by atoms with Gasteiger partial charge in [0.1, 0.15) is 0 Å². The molecule has 1 saturated carbocycles. The largest absolute Gasteiger partial charge is 0.0654 e. The molecule has 0 spiro atoms. The molecule has 0 amide bonds. The highest BCUT2D eigenvalue weighted by molar-refractivity contribution is 4.84. The highest BCUT2D eigenvalue weighted by Gasteiger charge is 2.34. The summed E-state index contributed by atoms with van der Waals surface area (Å²) in [6.45, 7) is 12.1. The van der Waals surface area contributed by atoms with E-state index in [4.69, 9.17) is 0 Å². The summed E-state index contributed by atoms with van der Waals surface area (Å²) in [7, 11) is 0. The first-order valence-corrected chi connectivity index (χ1v) is 7.49. The maximum Gasteiger partial charge on any atom is -0.0337 e. The van der Waals surface area contributed by atoms with Gasteiger partial charge in [-0.15, -0.1) is 0 Å². The van der Waals surface area contributed by atoms with Gasteiger partial charge in [-0.2, -0.15) is 0 Å². The fourth-order valence-electron chi connectivity index (χ4n) is 3.76. The molecule has 1 aliphatic rings. The molecule has 0 aromatic heterocycles. The fourth-order valence-corrected chi connectivity index (χ4v) is 3.76. The van der Waals surface area contributed by atoms with E-state index in [0.29, 0.717) is 5.41 Å². The molecule has 0 heterocycles. The van der Waals surface area contributed by atoms with Crippen molar-refractivity contribution in [3.05, 3.63) is 0 Å². The Kier molecular flexibility index (Phi) is 5.34. The molecule has 0 aromatic rings. The molecular weight excluding hydrogens is 192 g/mol. The van der Waals surface area contributed by atoms with Crippen LogP contribution in [0.1, 0.15) is 79.6 Å². The predicted octanol–water partition coefficient (Wildman–Crippen LogP) is 5.67. The van der Waals surface area contributed by atoms with Crippen molar-refractivity contribution in [2.45, 2.75) is 79.6 Å². The molecule has 0 aliphatic heterocycles. The zero-order chi connectivity index (χ0) is 12.2. The summed E-state index contributed by atoms with van der Waals surface area (Å²) in [5.74, 6) is 2.99. The van der Waals surface area contributed by atoms with E-state index >= 15 is 0 Å². The lowest BCUT2D eigenvalue weighted by molar-refractivity contribution is 0.0925. The Bertz CT molecular complexity index is 187. The summed E-state index contributed by atoms with van der Waals surface area (Å²) in [6, 6.07) is 0. The normalized spacial score (nSPS) is 29.1. The molecule has 96 valence electrons. The third-order valence-corrected chi connectivity index (χ3v) is 4.68. The SMILES string of the molecule is CCCC(C1CCCC(CC)C1)C(C)(C)C. The Morgan fingerprint density at radius 3 is 2.31 bits per heavy atom. The second-order valence-corrected chi connectivity index (χ2v) is 6.96. The predicted molar refractivity (Wildman–Crippen MR) is 73.6 cm³/mol. The molecule has 0 heteroatoms. The van der Waals surface area contributed by atoms with Crippen molar-refractivity contribution in [3.63, 3.8) is 0 Å². The van der Waals surface area contributed by atoms with Gasteiger partial charge in [-0.1, -0.05) is 66.7 Å². The Morgan fingerprint density at radius 2 is 1.81 bits per heavy atom. The molecule has 1 rings (SSSR count). The quantitative estimate of drug-likeness (QED) is 0.577. The smallest absolute Gasteiger partial charge is 0.0337 e. The molecule has 0 nitrogen and oxygen atoms in total. The first kappa shape index (κ1) is 14.1. The zero-order valence-electron chi connectivity index (χ0n) is 12.2. The molecule has 1 fully saturated rings. The summed E-state index contributed by atoms with van der Waals surface area (Å²) < 4.78 is 0. The third-order valence-electron chi connectivity index (χ3n) is 4.68. The zero-order valence-corrected chi connectivity index (χ0v) is 12.2. The minimum Gasteiger partial charge on any atom is -0.0654 e. The number of hydrogen-bond acceptors (Lipinski definition) is 0. The lowest BCUT2D eigenvalue weighted by Gasteiger charge is -2.41. The topological polar surface area (TPSA) is 0 Å². The van der Waals surface area contributed by atoms with Crippen LogP contribution in [-0.4, -0.2) is 0 Å². The molecule has 3 atom stereocenters. The van der Waals surface area contributed by atoms with Crippen LogP contribution in [0.3, 0.4) is 0 Å². The minimum atomic E-state index is 0.510. The van der Waals surface area contributed by atoms with E-state index in [2.05, 4.69) is 34.6 Å². The first-order valence-electron chi connectivity index (χ1n) is 7.49. The number of rotatable bonds is 4. The minimum absolute atomic E-state index is 0.510. The Hall–Kier alpha value is 0. The van der Waals surface area contributed by atoms with Gasteiger partial charge in [-0.3, -0.25) is 0 Å². The van der Waals surface area contributed by atoms with Gasteiger partial charge in [0.2, 0.25) is 0 Å². The van der Waals surface area contributed by atoms with Crippen LogP contribution in [0.4, 0.5) is 0 Å². The van der Waals surface area contributed by atoms with Gasteiger partial charge in [0, 0.05) is 0 Å². The third kappa shape index (κ3) is 3.79. The van der Waals surface area contributed by atoms with Crippen molar-refractivity contribution < 1.29 is 0 Å². The van der Waals surface area contributed by atoms with Crippen molar-refractivity contribution in [2.24, 2.45) is 23.2 Å². The van der Waals surface area contributed by atoms with Gasteiger partial charge in [0.15, 0.2) is 0 Å². The summed E-state index contributed by atoms with van der Waals surface area (Å²) in [5.41, 5.74) is 0.510. The van der Waals surface area contributed by atoms with Crippen LogP contribution < -0.4 is 0 Å². The lowest BCUT2D eigenvalue weighted by Crippen LogP contribution is -2.31. The van der Waals surface area contributed by atoms with Gasteiger partial charge < -0.3 is 0 Å². The average Bonchev–Trinajstić information content (AvgIpc) is 2.24. The summed E-state index contributed by atoms with van der Waals surface area (Å²) >= 11 is 0. The first-order chi connectivity index (χ1) is 7.49. The Labute approximate surface area is 103 Å². The second kappa shape index (κ2) is 6.07. The van der Waals surface area contributed by atoms with E-state index in [-0.39, 0.29) is 0 Å². The van der Waals surface area contributed by atoms with Gasteiger partial charge in [0.05, 0.1) is 0 Å².